The molecule has 0 amide bonds. The number of likely N-dealkylation sites (tertiary alicyclic amines) is 1. The molecule has 0 bridgehead atoms. The minimum absolute atomic E-state index is 0.416. The summed E-state index contributed by atoms with van der Waals surface area (Å²) in [6, 6.07) is 11.2. The Balaban J connectivity index is 1.48. The topological polar surface area (TPSA) is 43.3 Å². The molecule has 0 radical (unpaired) electrons. The number of ether oxygens (including phenoxy) is 1. The van der Waals surface area contributed by atoms with Crippen LogP contribution in [-0.4, -0.2) is 86.9 Å². The van der Waals surface area contributed by atoms with Crippen molar-refractivity contribution >= 4 is 11.6 Å². The summed E-state index contributed by atoms with van der Waals surface area (Å²) in [6.07, 6.45) is 2.60. The number of hydrogen-bond acceptors (Lipinski definition) is 4. The molecule has 1 aromatic rings. The zero-order valence-corrected chi connectivity index (χ0v) is 18.5. The Morgan fingerprint density at radius 1 is 1.07 bits per heavy atom. The van der Waals surface area contributed by atoms with E-state index in [9.17, 15) is 0 Å². The van der Waals surface area contributed by atoms with Gasteiger partial charge in [0, 0.05) is 64.1 Å². The zero-order valence-electron chi connectivity index (χ0n) is 18.5. The molecule has 162 valence electrons. The van der Waals surface area contributed by atoms with Crippen LogP contribution in [0.2, 0.25) is 0 Å². The lowest BCUT2D eigenvalue weighted by Gasteiger charge is -2.39. The van der Waals surface area contributed by atoms with Crippen LogP contribution in [0.5, 0.6) is 0 Å². The van der Waals surface area contributed by atoms with Crippen molar-refractivity contribution in [2.75, 3.05) is 63.9 Å². The van der Waals surface area contributed by atoms with Crippen LogP contribution in [-0.2, 0) is 4.74 Å². The quantitative estimate of drug-likeness (QED) is 0.562. The Labute approximate surface area is 176 Å². The molecule has 2 aliphatic rings. The first-order valence-corrected chi connectivity index (χ1v) is 11.4. The summed E-state index contributed by atoms with van der Waals surface area (Å²) in [6.45, 7) is 15.5. The Kier molecular flexibility index (Phi) is 8.62. The highest BCUT2D eigenvalue weighted by molar-refractivity contribution is 5.80. The smallest absolute Gasteiger partial charge is 0.193 e. The monoisotopic (exact) mass is 401 g/mol. The van der Waals surface area contributed by atoms with E-state index in [0.717, 1.165) is 77.8 Å². The number of aliphatic imine (C=N–C) groups is 1. The number of hydrogen-bond donors (Lipinski definition) is 1. The van der Waals surface area contributed by atoms with Crippen LogP contribution in [0.1, 0.15) is 33.6 Å². The van der Waals surface area contributed by atoms with Gasteiger partial charge >= 0.3 is 0 Å². The van der Waals surface area contributed by atoms with Crippen molar-refractivity contribution in [1.29, 1.82) is 0 Å². The maximum Gasteiger partial charge on any atom is 0.193 e. The number of guanidine groups is 1. The van der Waals surface area contributed by atoms with Gasteiger partial charge in [-0.2, -0.15) is 0 Å². The fourth-order valence-electron chi connectivity index (χ4n) is 4.29. The standard InChI is InChI=1S/C23H39N5O/c1-4-24-23(28-13-11-22(12-14-28)29-5-2)25-19-20(3)26-15-17-27(18-16-26)21-9-7-6-8-10-21/h6-10,20,22H,4-5,11-19H2,1-3H3,(H,24,25). The van der Waals surface area contributed by atoms with E-state index in [1.165, 1.54) is 5.69 Å². The van der Waals surface area contributed by atoms with Crippen molar-refractivity contribution in [3.05, 3.63) is 30.3 Å². The molecule has 2 fully saturated rings. The van der Waals surface area contributed by atoms with Crippen LogP contribution in [0, 0.1) is 0 Å². The maximum absolute atomic E-state index is 5.79. The molecule has 0 saturated carbocycles. The molecule has 1 unspecified atom stereocenters. The number of para-hydroxylation sites is 1. The number of anilines is 1. The van der Waals surface area contributed by atoms with E-state index >= 15 is 0 Å². The van der Waals surface area contributed by atoms with E-state index < -0.39 is 0 Å². The summed E-state index contributed by atoms with van der Waals surface area (Å²) >= 11 is 0. The summed E-state index contributed by atoms with van der Waals surface area (Å²) < 4.78 is 5.79. The first kappa shape index (κ1) is 21.9. The van der Waals surface area contributed by atoms with Crippen molar-refractivity contribution < 1.29 is 4.74 Å². The number of nitrogens with zero attached hydrogens (tertiary/aromatic N) is 4. The molecule has 3 rings (SSSR count). The highest BCUT2D eigenvalue weighted by atomic mass is 16.5. The lowest BCUT2D eigenvalue weighted by Crippen LogP contribution is -2.51. The number of piperidine rings is 1. The van der Waals surface area contributed by atoms with E-state index in [-0.39, 0.29) is 0 Å². The average molecular weight is 402 g/mol. The summed E-state index contributed by atoms with van der Waals surface area (Å²) in [7, 11) is 0. The molecule has 2 saturated heterocycles. The lowest BCUT2D eigenvalue weighted by molar-refractivity contribution is 0.0263. The first-order chi connectivity index (χ1) is 14.2. The second-order valence-electron chi connectivity index (χ2n) is 8.04. The highest BCUT2D eigenvalue weighted by Gasteiger charge is 2.23. The van der Waals surface area contributed by atoms with Gasteiger partial charge in [0.1, 0.15) is 0 Å². The van der Waals surface area contributed by atoms with E-state index in [2.05, 4.69) is 71.1 Å². The molecule has 1 aromatic carbocycles. The SMILES string of the molecule is CCNC(=NCC(C)N1CCN(c2ccccc2)CC1)N1CCC(OCC)CC1. The van der Waals surface area contributed by atoms with Crippen LogP contribution < -0.4 is 10.2 Å². The van der Waals surface area contributed by atoms with Crippen LogP contribution in [0.15, 0.2) is 35.3 Å². The molecule has 0 spiro atoms. The van der Waals surface area contributed by atoms with Gasteiger partial charge in [0.15, 0.2) is 5.96 Å². The highest BCUT2D eigenvalue weighted by Crippen LogP contribution is 2.17. The fraction of sp³-hybridized carbons (Fsp3) is 0.696. The summed E-state index contributed by atoms with van der Waals surface area (Å²) in [5.41, 5.74) is 1.34. The molecule has 6 nitrogen and oxygen atoms in total. The van der Waals surface area contributed by atoms with Crippen molar-refractivity contribution in [2.24, 2.45) is 4.99 Å². The van der Waals surface area contributed by atoms with Gasteiger partial charge in [-0.25, -0.2) is 0 Å². The molecule has 2 aliphatic heterocycles. The lowest BCUT2D eigenvalue weighted by atomic mass is 10.1. The Bertz CT molecular complexity index is 607. The van der Waals surface area contributed by atoms with E-state index in [0.29, 0.717) is 12.1 Å². The molecular weight excluding hydrogens is 362 g/mol. The van der Waals surface area contributed by atoms with E-state index in [4.69, 9.17) is 9.73 Å². The fourth-order valence-corrected chi connectivity index (χ4v) is 4.29. The average Bonchev–Trinajstić information content (AvgIpc) is 2.78. The minimum Gasteiger partial charge on any atom is -0.378 e. The Morgan fingerprint density at radius 3 is 2.38 bits per heavy atom. The van der Waals surface area contributed by atoms with Gasteiger partial charge < -0.3 is 19.9 Å². The van der Waals surface area contributed by atoms with Gasteiger partial charge in [0.2, 0.25) is 0 Å². The number of benzene rings is 1. The number of nitrogens with one attached hydrogen (secondary N) is 1. The van der Waals surface area contributed by atoms with Gasteiger partial charge in [-0.15, -0.1) is 0 Å². The minimum atomic E-state index is 0.416. The summed E-state index contributed by atoms with van der Waals surface area (Å²) in [5.74, 6) is 1.07. The van der Waals surface area contributed by atoms with Crippen molar-refractivity contribution in [3.63, 3.8) is 0 Å². The second kappa shape index (κ2) is 11.4. The van der Waals surface area contributed by atoms with Crippen molar-refractivity contribution in [1.82, 2.24) is 15.1 Å². The molecule has 1 atom stereocenters. The van der Waals surface area contributed by atoms with Crippen LogP contribution >= 0.6 is 0 Å². The summed E-state index contributed by atoms with van der Waals surface area (Å²) in [4.78, 5) is 12.5. The third-order valence-electron chi connectivity index (χ3n) is 6.04. The molecular formula is C23H39N5O. The molecule has 0 aliphatic carbocycles. The third kappa shape index (κ3) is 6.34. The molecule has 2 heterocycles. The van der Waals surface area contributed by atoms with Crippen molar-refractivity contribution in [2.45, 2.75) is 45.8 Å². The largest absolute Gasteiger partial charge is 0.378 e. The number of piperazine rings is 1. The van der Waals surface area contributed by atoms with Gasteiger partial charge in [0.05, 0.1) is 12.6 Å². The molecule has 29 heavy (non-hydrogen) atoms. The van der Waals surface area contributed by atoms with Crippen LogP contribution in [0.3, 0.4) is 0 Å². The Hall–Kier alpha value is -1.79. The molecule has 0 aromatic heterocycles. The van der Waals surface area contributed by atoms with Crippen LogP contribution in [0.4, 0.5) is 5.69 Å². The van der Waals surface area contributed by atoms with Crippen molar-refractivity contribution in [3.8, 4) is 0 Å². The zero-order chi connectivity index (χ0) is 20.5. The van der Waals surface area contributed by atoms with E-state index in [1.807, 2.05) is 0 Å². The van der Waals surface area contributed by atoms with Gasteiger partial charge in [-0.3, -0.25) is 9.89 Å². The third-order valence-corrected chi connectivity index (χ3v) is 6.04. The van der Waals surface area contributed by atoms with Gasteiger partial charge in [0.25, 0.3) is 0 Å². The Morgan fingerprint density at radius 2 is 1.76 bits per heavy atom. The normalized spacial score (nSPS) is 20.7. The number of rotatable bonds is 7. The van der Waals surface area contributed by atoms with Gasteiger partial charge in [-0.1, -0.05) is 18.2 Å². The summed E-state index contributed by atoms with van der Waals surface area (Å²) in [5, 5.41) is 3.49. The van der Waals surface area contributed by atoms with E-state index in [1.54, 1.807) is 0 Å². The predicted molar refractivity (Wildman–Crippen MR) is 122 cm³/mol. The predicted octanol–water partition coefficient (Wildman–Crippen LogP) is 2.66. The molecule has 1 N–H and O–H groups in total. The molecule has 6 heteroatoms. The first-order valence-electron chi connectivity index (χ1n) is 11.4. The maximum atomic E-state index is 5.79. The second-order valence-corrected chi connectivity index (χ2v) is 8.04. The van der Waals surface area contributed by atoms with Gasteiger partial charge in [-0.05, 0) is 45.7 Å². The van der Waals surface area contributed by atoms with Crippen LogP contribution in [0.25, 0.3) is 0 Å².